The molecule has 0 spiro atoms. The number of methoxy groups -OCH3 is 1. The van der Waals surface area contributed by atoms with E-state index in [4.69, 9.17) is 4.74 Å². The van der Waals surface area contributed by atoms with E-state index < -0.39 is 0 Å². The van der Waals surface area contributed by atoms with Crippen LogP contribution in [-0.2, 0) is 4.79 Å². The third kappa shape index (κ3) is 5.03. The molecule has 0 aliphatic heterocycles. The predicted molar refractivity (Wildman–Crippen MR) is 95.9 cm³/mol. The van der Waals surface area contributed by atoms with Crippen molar-refractivity contribution < 1.29 is 9.53 Å². The monoisotopic (exact) mass is 329 g/mol. The van der Waals surface area contributed by atoms with E-state index in [2.05, 4.69) is 24.4 Å². The molecule has 122 valence electrons. The van der Waals surface area contributed by atoms with Gasteiger partial charge in [0.05, 0.1) is 18.4 Å². The van der Waals surface area contributed by atoms with Crippen molar-refractivity contribution >= 4 is 17.7 Å². The molecule has 1 amide bonds. The maximum Gasteiger partial charge on any atom is 0.233 e. The standard InChI is InChI=1S/C19H23NO2S/c1-4-18(15-8-6-5-7-9-15)20-19(21)14(2)23-17-12-10-16(22-3)11-13-17/h5-14,18H,4H2,1-3H3,(H,20,21)/t14-,18-/m0/s1. The Morgan fingerprint density at radius 3 is 2.35 bits per heavy atom. The van der Waals surface area contributed by atoms with Crippen LogP contribution in [0.15, 0.2) is 59.5 Å². The zero-order valence-corrected chi connectivity index (χ0v) is 14.6. The van der Waals surface area contributed by atoms with Crippen molar-refractivity contribution in [2.75, 3.05) is 7.11 Å². The first-order chi connectivity index (χ1) is 11.1. The Labute approximate surface area is 142 Å². The van der Waals surface area contributed by atoms with E-state index in [9.17, 15) is 4.79 Å². The van der Waals surface area contributed by atoms with Gasteiger partial charge in [-0.3, -0.25) is 4.79 Å². The second kappa shape index (κ2) is 8.63. The summed E-state index contributed by atoms with van der Waals surface area (Å²) in [5, 5.41) is 2.99. The zero-order chi connectivity index (χ0) is 16.7. The minimum absolute atomic E-state index is 0.0570. The molecule has 2 aromatic rings. The molecule has 1 N–H and O–H groups in total. The molecule has 0 heterocycles. The molecule has 4 heteroatoms. The van der Waals surface area contributed by atoms with E-state index >= 15 is 0 Å². The third-order valence-electron chi connectivity index (χ3n) is 3.67. The molecule has 0 bridgehead atoms. The number of amides is 1. The van der Waals surface area contributed by atoms with E-state index in [0.29, 0.717) is 0 Å². The number of ether oxygens (including phenoxy) is 1. The third-order valence-corrected chi connectivity index (χ3v) is 4.78. The van der Waals surface area contributed by atoms with Gasteiger partial charge in [0.1, 0.15) is 5.75 Å². The van der Waals surface area contributed by atoms with Crippen LogP contribution < -0.4 is 10.1 Å². The Kier molecular flexibility index (Phi) is 6.53. The summed E-state index contributed by atoms with van der Waals surface area (Å²) in [6.45, 7) is 4.02. The quantitative estimate of drug-likeness (QED) is 0.763. The van der Waals surface area contributed by atoms with E-state index in [1.807, 2.05) is 49.4 Å². The van der Waals surface area contributed by atoms with Gasteiger partial charge in [0.25, 0.3) is 0 Å². The summed E-state index contributed by atoms with van der Waals surface area (Å²) in [6, 6.07) is 17.9. The molecule has 0 radical (unpaired) electrons. The Hall–Kier alpha value is -1.94. The Morgan fingerprint density at radius 2 is 1.78 bits per heavy atom. The lowest BCUT2D eigenvalue weighted by atomic mass is 10.0. The van der Waals surface area contributed by atoms with Crippen molar-refractivity contribution in [1.82, 2.24) is 5.32 Å². The van der Waals surface area contributed by atoms with Gasteiger partial charge in [-0.05, 0) is 43.2 Å². The number of nitrogens with one attached hydrogen (secondary N) is 1. The van der Waals surface area contributed by atoms with Crippen LogP contribution >= 0.6 is 11.8 Å². The van der Waals surface area contributed by atoms with Crippen molar-refractivity contribution in [3.05, 3.63) is 60.2 Å². The molecule has 0 unspecified atom stereocenters. The first kappa shape index (κ1) is 17.4. The number of rotatable bonds is 7. The molecule has 23 heavy (non-hydrogen) atoms. The SMILES string of the molecule is CC[C@H](NC(=O)[C@H](C)Sc1ccc(OC)cc1)c1ccccc1. The van der Waals surface area contributed by atoms with E-state index in [0.717, 1.165) is 22.6 Å². The number of thioether (sulfide) groups is 1. The Morgan fingerprint density at radius 1 is 1.13 bits per heavy atom. The van der Waals surface area contributed by atoms with Crippen LogP contribution in [0.3, 0.4) is 0 Å². The largest absolute Gasteiger partial charge is 0.497 e. The average Bonchev–Trinajstić information content (AvgIpc) is 2.60. The summed E-state index contributed by atoms with van der Waals surface area (Å²) in [6.07, 6.45) is 0.871. The van der Waals surface area contributed by atoms with Gasteiger partial charge in [-0.15, -0.1) is 11.8 Å². The highest BCUT2D eigenvalue weighted by atomic mass is 32.2. The van der Waals surface area contributed by atoms with Gasteiger partial charge in [0.2, 0.25) is 5.91 Å². The first-order valence-electron chi connectivity index (χ1n) is 7.80. The molecule has 0 saturated heterocycles. The molecule has 2 aromatic carbocycles. The average molecular weight is 329 g/mol. The molecule has 0 aromatic heterocycles. The lowest BCUT2D eigenvalue weighted by Gasteiger charge is -2.20. The molecule has 0 aliphatic carbocycles. The van der Waals surface area contributed by atoms with Crippen LogP contribution in [0.4, 0.5) is 0 Å². The lowest BCUT2D eigenvalue weighted by molar-refractivity contribution is -0.121. The number of carbonyl (C=O) groups is 1. The minimum atomic E-state index is -0.152. The first-order valence-corrected chi connectivity index (χ1v) is 8.68. The van der Waals surface area contributed by atoms with Gasteiger partial charge in [0.15, 0.2) is 0 Å². The summed E-state index contributed by atoms with van der Waals surface area (Å²) in [7, 11) is 1.65. The van der Waals surface area contributed by atoms with Crippen molar-refractivity contribution in [2.24, 2.45) is 0 Å². The van der Waals surface area contributed by atoms with Gasteiger partial charge in [-0.2, -0.15) is 0 Å². The summed E-state index contributed by atoms with van der Waals surface area (Å²) in [4.78, 5) is 13.5. The van der Waals surface area contributed by atoms with Crippen LogP contribution in [0.25, 0.3) is 0 Å². The van der Waals surface area contributed by atoms with E-state index in [1.54, 1.807) is 18.9 Å². The second-order valence-electron chi connectivity index (χ2n) is 5.32. The number of benzene rings is 2. The van der Waals surface area contributed by atoms with Crippen LogP contribution in [-0.4, -0.2) is 18.3 Å². The molecule has 2 rings (SSSR count). The number of hydrogen-bond acceptors (Lipinski definition) is 3. The zero-order valence-electron chi connectivity index (χ0n) is 13.8. The summed E-state index contributed by atoms with van der Waals surface area (Å²) in [5.74, 6) is 0.878. The number of hydrogen-bond donors (Lipinski definition) is 1. The smallest absolute Gasteiger partial charge is 0.233 e. The highest BCUT2D eigenvalue weighted by Crippen LogP contribution is 2.26. The van der Waals surface area contributed by atoms with Crippen LogP contribution in [0, 0.1) is 0 Å². The highest BCUT2D eigenvalue weighted by Gasteiger charge is 2.18. The predicted octanol–water partition coefficient (Wildman–Crippen LogP) is 4.44. The van der Waals surface area contributed by atoms with Crippen molar-refractivity contribution in [3.8, 4) is 5.75 Å². The minimum Gasteiger partial charge on any atom is -0.497 e. The van der Waals surface area contributed by atoms with Gasteiger partial charge < -0.3 is 10.1 Å². The van der Waals surface area contributed by atoms with Crippen molar-refractivity contribution in [1.29, 1.82) is 0 Å². The lowest BCUT2D eigenvalue weighted by Crippen LogP contribution is -2.34. The molecule has 0 aliphatic rings. The second-order valence-corrected chi connectivity index (χ2v) is 6.73. The summed E-state index contributed by atoms with van der Waals surface area (Å²) in [5.41, 5.74) is 1.14. The van der Waals surface area contributed by atoms with E-state index in [1.165, 1.54) is 0 Å². The topological polar surface area (TPSA) is 38.3 Å². The van der Waals surface area contributed by atoms with Gasteiger partial charge >= 0.3 is 0 Å². The molecule has 0 fully saturated rings. The Balaban J connectivity index is 1.95. The van der Waals surface area contributed by atoms with Gasteiger partial charge in [0, 0.05) is 4.90 Å². The van der Waals surface area contributed by atoms with Gasteiger partial charge in [-0.1, -0.05) is 37.3 Å². The molecule has 2 atom stereocenters. The van der Waals surface area contributed by atoms with Crippen molar-refractivity contribution in [2.45, 2.75) is 36.5 Å². The summed E-state index contributed by atoms with van der Waals surface area (Å²) < 4.78 is 5.15. The van der Waals surface area contributed by atoms with Crippen LogP contribution in [0.2, 0.25) is 0 Å². The molecule has 3 nitrogen and oxygen atoms in total. The Bertz CT molecular complexity index is 613. The van der Waals surface area contributed by atoms with E-state index in [-0.39, 0.29) is 17.2 Å². The van der Waals surface area contributed by atoms with Crippen molar-refractivity contribution in [3.63, 3.8) is 0 Å². The van der Waals surface area contributed by atoms with Crippen LogP contribution in [0.5, 0.6) is 5.75 Å². The fourth-order valence-electron chi connectivity index (χ4n) is 2.31. The number of carbonyl (C=O) groups excluding carboxylic acids is 1. The fraction of sp³-hybridized carbons (Fsp3) is 0.316. The van der Waals surface area contributed by atoms with Gasteiger partial charge in [-0.25, -0.2) is 0 Å². The molecular formula is C19H23NO2S. The molecular weight excluding hydrogens is 306 g/mol. The van der Waals surface area contributed by atoms with Crippen LogP contribution in [0.1, 0.15) is 31.9 Å². The highest BCUT2D eigenvalue weighted by molar-refractivity contribution is 8.00. The maximum absolute atomic E-state index is 12.5. The maximum atomic E-state index is 12.5. The summed E-state index contributed by atoms with van der Waals surface area (Å²) >= 11 is 1.55. The molecule has 0 saturated carbocycles. The normalized spacial score (nSPS) is 13.2. The fourth-order valence-corrected chi connectivity index (χ4v) is 3.18.